The van der Waals surface area contributed by atoms with Gasteiger partial charge in [0, 0.05) is 10.0 Å². The average Bonchev–Trinajstić information content (AvgIpc) is 2.15. The van der Waals surface area contributed by atoms with Gasteiger partial charge in [-0.25, -0.2) is 14.0 Å². The summed E-state index contributed by atoms with van der Waals surface area (Å²) in [4.78, 5) is 21.1. The summed E-state index contributed by atoms with van der Waals surface area (Å²) in [6.07, 6.45) is 0.770. The van der Waals surface area contributed by atoms with Crippen LogP contribution in [0.1, 0.15) is 5.56 Å². The van der Waals surface area contributed by atoms with Crippen molar-refractivity contribution in [3.8, 4) is 0 Å². The highest BCUT2D eigenvalue weighted by Crippen LogP contribution is 2.17. The molecule has 0 atom stereocenters. The highest BCUT2D eigenvalue weighted by molar-refractivity contribution is 9.10. The second-order valence-corrected chi connectivity index (χ2v) is 3.75. The lowest BCUT2D eigenvalue weighted by Gasteiger charge is -1.99. The van der Waals surface area contributed by atoms with Crippen LogP contribution in [0.2, 0.25) is 0 Å². The Morgan fingerprint density at radius 2 is 1.81 bits per heavy atom. The zero-order valence-corrected chi connectivity index (χ0v) is 9.36. The molecule has 1 aromatic rings. The first-order chi connectivity index (χ1) is 7.41. The molecular formula is C10H6BrFO4. The summed E-state index contributed by atoms with van der Waals surface area (Å²) >= 11 is 3.03. The monoisotopic (exact) mass is 288 g/mol. The van der Waals surface area contributed by atoms with Crippen LogP contribution in [0.3, 0.4) is 0 Å². The predicted octanol–water partition coefficient (Wildman–Crippen LogP) is 2.14. The molecule has 0 aromatic heterocycles. The maximum Gasteiger partial charge on any atom is 0.343 e. The number of rotatable bonds is 3. The van der Waals surface area contributed by atoms with Gasteiger partial charge >= 0.3 is 11.9 Å². The average molecular weight is 289 g/mol. The van der Waals surface area contributed by atoms with E-state index in [1.165, 1.54) is 12.1 Å². The second kappa shape index (κ2) is 4.89. The number of halogens is 2. The van der Waals surface area contributed by atoms with Crippen molar-refractivity contribution in [2.75, 3.05) is 0 Å². The number of hydrogen-bond donors (Lipinski definition) is 2. The molecule has 0 spiro atoms. The summed E-state index contributed by atoms with van der Waals surface area (Å²) in [6.45, 7) is 0. The van der Waals surface area contributed by atoms with Gasteiger partial charge in [0.05, 0.1) is 0 Å². The third-order valence-corrected chi connectivity index (χ3v) is 2.22. The number of carboxylic acid groups (broad SMARTS) is 2. The molecule has 1 aromatic carbocycles. The van der Waals surface area contributed by atoms with Crippen molar-refractivity contribution in [2.45, 2.75) is 0 Å². The first-order valence-electron chi connectivity index (χ1n) is 4.05. The normalized spacial score (nSPS) is 9.62. The van der Waals surface area contributed by atoms with E-state index in [9.17, 15) is 14.0 Å². The molecule has 0 saturated heterocycles. The fourth-order valence-corrected chi connectivity index (χ4v) is 1.32. The van der Waals surface area contributed by atoms with Gasteiger partial charge in [-0.2, -0.15) is 0 Å². The minimum absolute atomic E-state index is 0.0944. The SMILES string of the molecule is O=C(O)C(=Cc1ccc(Br)cc1F)C(=O)O. The summed E-state index contributed by atoms with van der Waals surface area (Å²) in [6, 6.07) is 3.88. The van der Waals surface area contributed by atoms with Crippen molar-refractivity contribution in [3.05, 3.63) is 39.6 Å². The van der Waals surface area contributed by atoms with Crippen molar-refractivity contribution in [3.63, 3.8) is 0 Å². The van der Waals surface area contributed by atoms with Crippen molar-refractivity contribution in [1.82, 2.24) is 0 Å². The van der Waals surface area contributed by atoms with E-state index in [0.717, 1.165) is 12.1 Å². The molecule has 0 heterocycles. The molecule has 84 valence electrons. The Bertz CT molecular complexity index is 466. The largest absolute Gasteiger partial charge is 0.477 e. The Hall–Kier alpha value is -1.69. The zero-order chi connectivity index (χ0) is 12.3. The van der Waals surface area contributed by atoms with Gasteiger partial charge in [-0.3, -0.25) is 0 Å². The maximum absolute atomic E-state index is 13.3. The van der Waals surface area contributed by atoms with Crippen molar-refractivity contribution >= 4 is 33.9 Å². The Morgan fingerprint density at radius 1 is 1.25 bits per heavy atom. The van der Waals surface area contributed by atoms with Gasteiger partial charge in [-0.05, 0) is 18.2 Å². The van der Waals surface area contributed by atoms with Gasteiger partial charge in [0.2, 0.25) is 0 Å². The fourth-order valence-electron chi connectivity index (χ4n) is 0.989. The lowest BCUT2D eigenvalue weighted by molar-refractivity contribution is -0.139. The summed E-state index contributed by atoms with van der Waals surface area (Å²) in [5.41, 5.74) is -0.982. The van der Waals surface area contributed by atoms with Crippen molar-refractivity contribution in [1.29, 1.82) is 0 Å². The number of aliphatic carboxylic acids is 2. The molecular weight excluding hydrogens is 283 g/mol. The Kier molecular flexibility index (Phi) is 3.78. The molecule has 6 heteroatoms. The van der Waals surface area contributed by atoms with E-state index in [1.807, 2.05) is 0 Å². The lowest BCUT2D eigenvalue weighted by Crippen LogP contribution is -2.11. The molecule has 0 fully saturated rings. The van der Waals surface area contributed by atoms with Gasteiger partial charge in [-0.1, -0.05) is 22.0 Å². The second-order valence-electron chi connectivity index (χ2n) is 2.83. The number of carbonyl (C=O) groups is 2. The first-order valence-corrected chi connectivity index (χ1v) is 4.84. The van der Waals surface area contributed by atoms with Gasteiger partial charge in [0.1, 0.15) is 11.4 Å². The summed E-state index contributed by atoms with van der Waals surface area (Å²) in [5, 5.41) is 17.1. The molecule has 0 aliphatic carbocycles. The molecule has 0 radical (unpaired) electrons. The van der Waals surface area contributed by atoms with Crippen LogP contribution >= 0.6 is 15.9 Å². The van der Waals surface area contributed by atoms with Gasteiger partial charge < -0.3 is 10.2 Å². The Balaban J connectivity index is 3.23. The van der Waals surface area contributed by atoms with Crippen LogP contribution in [-0.2, 0) is 9.59 Å². The van der Waals surface area contributed by atoms with Crippen molar-refractivity contribution in [2.24, 2.45) is 0 Å². The van der Waals surface area contributed by atoms with E-state index >= 15 is 0 Å². The molecule has 2 N–H and O–H groups in total. The maximum atomic E-state index is 13.3. The van der Waals surface area contributed by atoms with Crippen molar-refractivity contribution < 1.29 is 24.2 Å². The van der Waals surface area contributed by atoms with Gasteiger partial charge in [-0.15, -0.1) is 0 Å². The third-order valence-electron chi connectivity index (χ3n) is 1.72. The quantitative estimate of drug-likeness (QED) is 0.508. The van der Waals surface area contributed by atoms with Crippen LogP contribution < -0.4 is 0 Å². The van der Waals surface area contributed by atoms with Crippen LogP contribution in [0.15, 0.2) is 28.2 Å². The lowest BCUT2D eigenvalue weighted by atomic mass is 10.1. The van der Waals surface area contributed by atoms with E-state index in [0.29, 0.717) is 4.47 Å². The molecule has 1 rings (SSSR count). The van der Waals surface area contributed by atoms with Crippen LogP contribution in [0.4, 0.5) is 4.39 Å². The molecule has 0 amide bonds. The highest BCUT2D eigenvalue weighted by atomic mass is 79.9. The Morgan fingerprint density at radius 3 is 2.25 bits per heavy atom. The third kappa shape index (κ3) is 2.90. The fraction of sp³-hybridized carbons (Fsp3) is 0. The number of benzene rings is 1. The van der Waals surface area contributed by atoms with Crippen LogP contribution in [0.5, 0.6) is 0 Å². The summed E-state index contributed by atoms with van der Waals surface area (Å²) in [7, 11) is 0. The van der Waals surface area contributed by atoms with E-state index in [2.05, 4.69) is 15.9 Å². The van der Waals surface area contributed by atoms with E-state index < -0.39 is 23.3 Å². The van der Waals surface area contributed by atoms with E-state index in [1.54, 1.807) is 0 Å². The first kappa shape index (κ1) is 12.4. The molecule has 0 aliphatic rings. The smallest absolute Gasteiger partial charge is 0.343 e. The van der Waals surface area contributed by atoms with E-state index in [4.69, 9.17) is 10.2 Å². The molecule has 4 nitrogen and oxygen atoms in total. The predicted molar refractivity (Wildman–Crippen MR) is 57.3 cm³/mol. The van der Waals surface area contributed by atoms with Crippen LogP contribution in [-0.4, -0.2) is 22.2 Å². The van der Waals surface area contributed by atoms with Crippen LogP contribution in [0, 0.1) is 5.82 Å². The van der Waals surface area contributed by atoms with Gasteiger partial charge in [0.25, 0.3) is 0 Å². The Labute approximate surface area is 98.1 Å². The molecule has 0 bridgehead atoms. The topological polar surface area (TPSA) is 74.6 Å². The number of hydrogen-bond acceptors (Lipinski definition) is 2. The molecule has 0 aliphatic heterocycles. The van der Waals surface area contributed by atoms with Gasteiger partial charge in [0.15, 0.2) is 0 Å². The zero-order valence-electron chi connectivity index (χ0n) is 7.78. The summed E-state index contributed by atoms with van der Waals surface area (Å²) < 4.78 is 13.8. The molecule has 0 saturated carbocycles. The standard InChI is InChI=1S/C10H6BrFO4/c11-6-2-1-5(8(12)4-6)3-7(9(13)14)10(15)16/h1-4H,(H,13,14)(H,15,16). The van der Waals surface area contributed by atoms with E-state index in [-0.39, 0.29) is 5.56 Å². The minimum atomic E-state index is -1.62. The highest BCUT2D eigenvalue weighted by Gasteiger charge is 2.16. The number of carboxylic acids is 2. The summed E-state index contributed by atoms with van der Waals surface area (Å²) in [5.74, 6) is -3.93. The molecule has 16 heavy (non-hydrogen) atoms. The minimum Gasteiger partial charge on any atom is -0.477 e. The molecule has 0 unspecified atom stereocenters. The van der Waals surface area contributed by atoms with Crippen LogP contribution in [0.25, 0.3) is 6.08 Å².